The van der Waals surface area contributed by atoms with Gasteiger partial charge in [-0.2, -0.15) is 5.10 Å². The summed E-state index contributed by atoms with van der Waals surface area (Å²) in [6.45, 7) is 4.76. The Kier molecular flexibility index (Phi) is 4.50. The number of nitrogens with zero attached hydrogens (tertiary/aromatic N) is 2. The van der Waals surface area contributed by atoms with Crippen LogP contribution < -0.4 is 10.1 Å². The molecule has 0 saturated heterocycles. The zero-order valence-corrected chi connectivity index (χ0v) is 12.8. The maximum Gasteiger partial charge on any atom is 0.238 e. The fourth-order valence-corrected chi connectivity index (χ4v) is 1.99. The summed E-state index contributed by atoms with van der Waals surface area (Å²) >= 11 is 3.54. The first-order valence-corrected chi connectivity index (χ1v) is 6.81. The van der Waals surface area contributed by atoms with E-state index in [0.29, 0.717) is 12.4 Å². The summed E-state index contributed by atoms with van der Waals surface area (Å²) in [5.41, 5.74) is 3.16. The Morgan fingerprint density at radius 2 is 1.84 bits per heavy atom. The van der Waals surface area contributed by atoms with Crippen LogP contribution in [0.25, 0.3) is 0 Å². The number of nitrogens with one attached hydrogen (secondary N) is 1. The summed E-state index contributed by atoms with van der Waals surface area (Å²) in [5, 5.41) is 11.2. The molecular weight excluding hydrogens is 306 g/mol. The Morgan fingerprint density at radius 3 is 2.37 bits per heavy atom. The minimum Gasteiger partial charge on any atom is -0.438 e. The number of aryl methyl sites for hydroxylation is 2. The number of halogens is 1. The molecule has 100 valence electrons. The Balaban J connectivity index is 2.17. The Labute approximate surface area is 121 Å². The van der Waals surface area contributed by atoms with Gasteiger partial charge in [0.25, 0.3) is 0 Å². The molecule has 4 nitrogen and oxygen atoms in total. The molecule has 2 aromatic rings. The zero-order valence-electron chi connectivity index (χ0n) is 11.2. The van der Waals surface area contributed by atoms with Gasteiger partial charge in [-0.1, -0.05) is 15.9 Å². The highest BCUT2D eigenvalue weighted by atomic mass is 79.9. The van der Waals surface area contributed by atoms with Crippen LogP contribution in [0, 0.1) is 13.8 Å². The van der Waals surface area contributed by atoms with E-state index in [1.807, 2.05) is 45.2 Å². The molecule has 0 aliphatic rings. The Bertz CT molecular complexity index is 546. The van der Waals surface area contributed by atoms with Crippen molar-refractivity contribution in [2.75, 3.05) is 7.05 Å². The van der Waals surface area contributed by atoms with Gasteiger partial charge in [-0.25, -0.2) is 0 Å². The summed E-state index contributed by atoms with van der Waals surface area (Å²) < 4.78 is 6.82. The summed E-state index contributed by atoms with van der Waals surface area (Å²) in [4.78, 5) is 0. The van der Waals surface area contributed by atoms with Crippen molar-refractivity contribution in [2.24, 2.45) is 0 Å². The number of hydrogen-bond donors (Lipinski definition) is 1. The third-order valence-electron chi connectivity index (χ3n) is 2.69. The van der Waals surface area contributed by atoms with Gasteiger partial charge in [-0.15, -0.1) is 5.10 Å². The van der Waals surface area contributed by atoms with E-state index < -0.39 is 0 Å². The molecule has 0 spiro atoms. The molecule has 0 saturated carbocycles. The predicted octanol–water partition coefficient (Wildman–Crippen LogP) is 3.37. The quantitative estimate of drug-likeness (QED) is 0.937. The lowest BCUT2D eigenvalue weighted by atomic mass is 10.1. The molecule has 2 rings (SSSR count). The smallest absolute Gasteiger partial charge is 0.238 e. The minimum absolute atomic E-state index is 0.501. The van der Waals surface area contributed by atoms with Crippen LogP contribution in [0.4, 0.5) is 0 Å². The van der Waals surface area contributed by atoms with Crippen LogP contribution in [0.15, 0.2) is 28.7 Å². The van der Waals surface area contributed by atoms with E-state index >= 15 is 0 Å². The molecule has 0 radical (unpaired) electrons. The van der Waals surface area contributed by atoms with Gasteiger partial charge in [0.2, 0.25) is 5.88 Å². The van der Waals surface area contributed by atoms with E-state index in [1.54, 1.807) is 0 Å². The van der Waals surface area contributed by atoms with E-state index in [-0.39, 0.29) is 0 Å². The fraction of sp³-hybridized carbons (Fsp3) is 0.286. The van der Waals surface area contributed by atoms with Crippen molar-refractivity contribution < 1.29 is 4.74 Å². The highest BCUT2D eigenvalue weighted by Gasteiger charge is 2.05. The molecule has 1 heterocycles. The summed E-state index contributed by atoms with van der Waals surface area (Å²) in [6.07, 6.45) is 0. The number of aromatic nitrogens is 2. The molecule has 0 aliphatic carbocycles. The maximum atomic E-state index is 5.71. The van der Waals surface area contributed by atoms with Gasteiger partial charge in [-0.05, 0) is 50.2 Å². The monoisotopic (exact) mass is 321 g/mol. The largest absolute Gasteiger partial charge is 0.438 e. The van der Waals surface area contributed by atoms with Crippen molar-refractivity contribution >= 4 is 15.9 Å². The first kappa shape index (κ1) is 14.0. The van der Waals surface area contributed by atoms with Gasteiger partial charge in [0.05, 0.1) is 5.69 Å². The van der Waals surface area contributed by atoms with E-state index in [2.05, 4.69) is 31.4 Å². The van der Waals surface area contributed by atoms with E-state index in [9.17, 15) is 0 Å². The maximum absolute atomic E-state index is 5.71. The van der Waals surface area contributed by atoms with Gasteiger partial charge < -0.3 is 10.1 Å². The average molecular weight is 322 g/mol. The van der Waals surface area contributed by atoms with Crippen molar-refractivity contribution in [3.63, 3.8) is 0 Å². The van der Waals surface area contributed by atoms with Crippen molar-refractivity contribution in [1.82, 2.24) is 15.5 Å². The van der Waals surface area contributed by atoms with Crippen molar-refractivity contribution in [3.8, 4) is 11.6 Å². The molecular formula is C14H16BrN3O. The Hall–Kier alpha value is -1.46. The highest BCUT2D eigenvalue weighted by molar-refractivity contribution is 9.10. The standard InChI is InChI=1S/C14H16BrN3O/c1-9-6-12(7-10(2)14(9)15)19-13-5-4-11(8-16-3)17-18-13/h4-7,16H,8H2,1-3H3. The zero-order chi connectivity index (χ0) is 13.8. The van der Waals surface area contributed by atoms with Crippen LogP contribution >= 0.6 is 15.9 Å². The van der Waals surface area contributed by atoms with Gasteiger partial charge >= 0.3 is 0 Å². The van der Waals surface area contributed by atoms with Gasteiger partial charge in [0.1, 0.15) is 5.75 Å². The summed E-state index contributed by atoms with van der Waals surface area (Å²) in [6, 6.07) is 7.67. The number of ether oxygens (including phenoxy) is 1. The van der Waals surface area contributed by atoms with Gasteiger partial charge in [-0.3, -0.25) is 0 Å². The fourth-order valence-electron chi connectivity index (χ4n) is 1.76. The van der Waals surface area contributed by atoms with Crippen molar-refractivity contribution in [1.29, 1.82) is 0 Å². The van der Waals surface area contributed by atoms with Crippen molar-refractivity contribution in [3.05, 3.63) is 45.6 Å². The topological polar surface area (TPSA) is 47.0 Å². The van der Waals surface area contributed by atoms with Crippen LogP contribution in [0.3, 0.4) is 0 Å². The van der Waals surface area contributed by atoms with Crippen LogP contribution in [0.1, 0.15) is 16.8 Å². The molecule has 19 heavy (non-hydrogen) atoms. The molecule has 0 amide bonds. The van der Waals surface area contributed by atoms with Crippen molar-refractivity contribution in [2.45, 2.75) is 20.4 Å². The van der Waals surface area contributed by atoms with Crippen LogP contribution in [-0.2, 0) is 6.54 Å². The number of benzene rings is 1. The average Bonchev–Trinajstić information content (AvgIpc) is 2.38. The molecule has 0 bridgehead atoms. The van der Waals surface area contributed by atoms with Gasteiger partial charge in [0, 0.05) is 17.1 Å². The summed E-state index contributed by atoms with van der Waals surface area (Å²) in [7, 11) is 1.87. The van der Waals surface area contributed by atoms with E-state index in [1.165, 1.54) is 0 Å². The van der Waals surface area contributed by atoms with Crippen LogP contribution in [0.2, 0.25) is 0 Å². The SMILES string of the molecule is CNCc1ccc(Oc2cc(C)c(Br)c(C)c2)nn1. The molecule has 1 aromatic heterocycles. The van der Waals surface area contributed by atoms with E-state index in [0.717, 1.165) is 27.0 Å². The molecule has 1 N–H and O–H groups in total. The van der Waals surface area contributed by atoms with Crippen LogP contribution in [0.5, 0.6) is 11.6 Å². The highest BCUT2D eigenvalue weighted by Crippen LogP contribution is 2.28. The molecule has 0 unspecified atom stereocenters. The molecule has 5 heteroatoms. The lowest BCUT2D eigenvalue weighted by Crippen LogP contribution is -2.07. The lowest BCUT2D eigenvalue weighted by molar-refractivity contribution is 0.452. The molecule has 1 aromatic carbocycles. The van der Waals surface area contributed by atoms with Gasteiger partial charge in [0.15, 0.2) is 0 Å². The molecule has 0 fully saturated rings. The second-order valence-electron chi connectivity index (χ2n) is 4.37. The second-order valence-corrected chi connectivity index (χ2v) is 5.16. The molecule has 0 aliphatic heterocycles. The normalized spacial score (nSPS) is 10.5. The molecule has 0 atom stereocenters. The third kappa shape index (κ3) is 3.52. The summed E-state index contributed by atoms with van der Waals surface area (Å²) in [5.74, 6) is 1.27. The third-order valence-corrected chi connectivity index (χ3v) is 3.94. The predicted molar refractivity (Wildman–Crippen MR) is 78.5 cm³/mol. The number of rotatable bonds is 4. The minimum atomic E-state index is 0.501. The number of hydrogen-bond acceptors (Lipinski definition) is 4. The second kappa shape index (κ2) is 6.12. The first-order chi connectivity index (χ1) is 9.10. The Morgan fingerprint density at radius 1 is 1.16 bits per heavy atom. The van der Waals surface area contributed by atoms with E-state index in [4.69, 9.17) is 4.74 Å². The first-order valence-electron chi connectivity index (χ1n) is 6.02. The van der Waals surface area contributed by atoms with Crippen LogP contribution in [-0.4, -0.2) is 17.2 Å². The lowest BCUT2D eigenvalue weighted by Gasteiger charge is -2.09.